The Labute approximate surface area is 166 Å². The lowest BCUT2D eigenvalue weighted by Gasteiger charge is -2.37. The van der Waals surface area contributed by atoms with Crippen molar-refractivity contribution in [3.05, 3.63) is 47.8 Å². The van der Waals surface area contributed by atoms with Crippen LogP contribution in [0.4, 0.5) is 11.6 Å². The highest BCUT2D eigenvalue weighted by molar-refractivity contribution is 5.95. The lowest BCUT2D eigenvalue weighted by molar-refractivity contribution is 0.0664. The van der Waals surface area contributed by atoms with Crippen LogP contribution in [-0.2, 0) is 0 Å². The molecule has 4 heterocycles. The van der Waals surface area contributed by atoms with Crippen LogP contribution in [0.15, 0.2) is 36.7 Å². The van der Waals surface area contributed by atoms with Gasteiger partial charge in [-0.05, 0) is 37.7 Å². The van der Waals surface area contributed by atoms with Crippen LogP contribution >= 0.6 is 0 Å². The first-order chi connectivity index (χ1) is 13.6. The highest BCUT2D eigenvalue weighted by atomic mass is 16.2. The Morgan fingerprint density at radius 3 is 2.32 bits per heavy atom. The van der Waals surface area contributed by atoms with Gasteiger partial charge in [0.05, 0.1) is 0 Å². The van der Waals surface area contributed by atoms with Crippen molar-refractivity contribution < 1.29 is 4.79 Å². The zero-order chi connectivity index (χ0) is 19.5. The summed E-state index contributed by atoms with van der Waals surface area (Å²) >= 11 is 0. The maximum atomic E-state index is 12.9. The van der Waals surface area contributed by atoms with Gasteiger partial charge in [0, 0.05) is 70.3 Å². The number of pyridine rings is 2. The van der Waals surface area contributed by atoms with E-state index < -0.39 is 0 Å². The molecule has 0 bridgehead atoms. The molecule has 0 atom stereocenters. The number of likely N-dealkylation sites (N-methyl/N-ethyl adjacent to an activating group) is 1. The quantitative estimate of drug-likeness (QED) is 0.804. The molecule has 0 unspecified atom stereocenters. The van der Waals surface area contributed by atoms with E-state index >= 15 is 0 Å². The van der Waals surface area contributed by atoms with E-state index in [0.717, 1.165) is 69.6 Å². The second-order valence-electron chi connectivity index (χ2n) is 7.62. The van der Waals surface area contributed by atoms with Gasteiger partial charge < -0.3 is 19.6 Å². The smallest absolute Gasteiger partial charge is 0.254 e. The normalized spacial score (nSPS) is 18.4. The van der Waals surface area contributed by atoms with Crippen molar-refractivity contribution in [3.8, 4) is 0 Å². The van der Waals surface area contributed by atoms with E-state index in [4.69, 9.17) is 0 Å². The SMILES string of the molecule is Cc1cccnc1N1CCN(c2cc(C(=O)N3CCN(C)CC3)ccn2)CC1. The fraction of sp³-hybridized carbons (Fsp3) is 0.476. The third kappa shape index (κ3) is 3.94. The molecule has 1 amide bonds. The van der Waals surface area contributed by atoms with Crippen LogP contribution in [0.3, 0.4) is 0 Å². The summed E-state index contributed by atoms with van der Waals surface area (Å²) in [6.45, 7) is 9.07. The average molecular weight is 380 g/mol. The number of hydrogen-bond donors (Lipinski definition) is 0. The molecule has 0 aliphatic carbocycles. The van der Waals surface area contributed by atoms with Gasteiger partial charge in [-0.25, -0.2) is 9.97 Å². The minimum absolute atomic E-state index is 0.111. The van der Waals surface area contributed by atoms with Crippen molar-refractivity contribution >= 4 is 17.5 Å². The van der Waals surface area contributed by atoms with Gasteiger partial charge in [-0.15, -0.1) is 0 Å². The highest BCUT2D eigenvalue weighted by Gasteiger charge is 2.23. The highest BCUT2D eigenvalue weighted by Crippen LogP contribution is 2.21. The summed E-state index contributed by atoms with van der Waals surface area (Å²) in [6, 6.07) is 7.85. The largest absolute Gasteiger partial charge is 0.353 e. The molecule has 4 rings (SSSR count). The van der Waals surface area contributed by atoms with Crippen molar-refractivity contribution in [3.63, 3.8) is 0 Å². The van der Waals surface area contributed by atoms with Crippen molar-refractivity contribution in [1.82, 2.24) is 19.8 Å². The van der Waals surface area contributed by atoms with Crippen molar-refractivity contribution in [2.24, 2.45) is 0 Å². The summed E-state index contributed by atoms with van der Waals surface area (Å²) in [6.07, 6.45) is 3.61. The van der Waals surface area contributed by atoms with Crippen molar-refractivity contribution in [1.29, 1.82) is 0 Å². The molecule has 0 saturated carbocycles. The fourth-order valence-corrected chi connectivity index (χ4v) is 3.87. The van der Waals surface area contributed by atoms with Crippen LogP contribution in [0.1, 0.15) is 15.9 Å². The predicted molar refractivity (Wildman–Crippen MR) is 111 cm³/mol. The first-order valence-electron chi connectivity index (χ1n) is 9.97. The summed E-state index contributed by atoms with van der Waals surface area (Å²) in [4.78, 5) is 30.7. The summed E-state index contributed by atoms with van der Waals surface area (Å²) in [5.74, 6) is 2.06. The molecule has 7 heteroatoms. The van der Waals surface area contributed by atoms with Gasteiger partial charge in [0.15, 0.2) is 0 Å². The first kappa shape index (κ1) is 18.7. The Bertz CT molecular complexity index is 825. The zero-order valence-corrected chi connectivity index (χ0v) is 16.7. The molecular formula is C21H28N6O. The van der Waals surface area contributed by atoms with Crippen LogP contribution in [-0.4, -0.2) is 85.1 Å². The third-order valence-corrected chi connectivity index (χ3v) is 5.67. The Balaban J connectivity index is 1.41. The number of anilines is 2. The molecule has 0 N–H and O–H groups in total. The number of piperazine rings is 2. The van der Waals surface area contributed by atoms with Gasteiger partial charge in [0.25, 0.3) is 5.91 Å². The standard InChI is InChI=1S/C21H28N6O/c1-17-4-3-6-23-20(17)26-14-12-25(13-15-26)19-16-18(5-7-22-19)21(28)27-10-8-24(2)9-11-27/h3-7,16H,8-15H2,1-2H3. The molecule has 2 aliphatic rings. The molecule has 2 aromatic rings. The summed E-state index contributed by atoms with van der Waals surface area (Å²) in [5, 5.41) is 0. The molecule has 7 nitrogen and oxygen atoms in total. The lowest BCUT2D eigenvalue weighted by Crippen LogP contribution is -2.48. The molecule has 0 spiro atoms. The molecule has 0 radical (unpaired) electrons. The Morgan fingerprint density at radius 1 is 0.893 bits per heavy atom. The Kier molecular flexibility index (Phi) is 5.43. The number of rotatable bonds is 3. The van der Waals surface area contributed by atoms with E-state index in [2.05, 4.69) is 44.7 Å². The maximum Gasteiger partial charge on any atom is 0.254 e. The van der Waals surface area contributed by atoms with Gasteiger partial charge >= 0.3 is 0 Å². The minimum Gasteiger partial charge on any atom is -0.353 e. The number of aromatic nitrogens is 2. The van der Waals surface area contributed by atoms with E-state index in [0.29, 0.717) is 0 Å². The predicted octanol–water partition coefficient (Wildman–Crippen LogP) is 1.50. The van der Waals surface area contributed by atoms with E-state index in [1.54, 1.807) is 6.20 Å². The van der Waals surface area contributed by atoms with E-state index in [-0.39, 0.29) is 5.91 Å². The Hall–Kier alpha value is -2.67. The number of carbonyl (C=O) groups excluding carboxylic acids is 1. The molecule has 28 heavy (non-hydrogen) atoms. The molecule has 2 saturated heterocycles. The zero-order valence-electron chi connectivity index (χ0n) is 16.7. The average Bonchev–Trinajstić information content (AvgIpc) is 2.74. The molecule has 2 aliphatic heterocycles. The number of aryl methyl sites for hydroxylation is 1. The van der Waals surface area contributed by atoms with Gasteiger partial charge in [0.1, 0.15) is 11.6 Å². The van der Waals surface area contributed by atoms with E-state index in [1.807, 2.05) is 29.3 Å². The van der Waals surface area contributed by atoms with Crippen LogP contribution in [0.2, 0.25) is 0 Å². The second kappa shape index (κ2) is 8.14. The first-order valence-corrected chi connectivity index (χ1v) is 9.97. The van der Waals surface area contributed by atoms with Crippen LogP contribution in [0.5, 0.6) is 0 Å². The van der Waals surface area contributed by atoms with Crippen molar-refractivity contribution in [2.75, 3.05) is 69.2 Å². The van der Waals surface area contributed by atoms with E-state index in [1.165, 1.54) is 5.56 Å². The van der Waals surface area contributed by atoms with Gasteiger partial charge in [-0.1, -0.05) is 6.07 Å². The molecule has 2 fully saturated rings. The van der Waals surface area contributed by atoms with Gasteiger partial charge in [-0.2, -0.15) is 0 Å². The van der Waals surface area contributed by atoms with Gasteiger partial charge in [-0.3, -0.25) is 4.79 Å². The van der Waals surface area contributed by atoms with Crippen LogP contribution in [0.25, 0.3) is 0 Å². The molecular weight excluding hydrogens is 352 g/mol. The molecule has 148 valence electrons. The van der Waals surface area contributed by atoms with Crippen molar-refractivity contribution in [2.45, 2.75) is 6.92 Å². The Morgan fingerprint density at radius 2 is 1.61 bits per heavy atom. The topological polar surface area (TPSA) is 55.8 Å². The third-order valence-electron chi connectivity index (χ3n) is 5.67. The summed E-state index contributed by atoms with van der Waals surface area (Å²) in [5.41, 5.74) is 1.94. The number of nitrogens with zero attached hydrogens (tertiary/aromatic N) is 6. The number of carbonyl (C=O) groups is 1. The summed E-state index contributed by atoms with van der Waals surface area (Å²) in [7, 11) is 2.10. The van der Waals surface area contributed by atoms with E-state index in [9.17, 15) is 4.79 Å². The van der Waals surface area contributed by atoms with Crippen LogP contribution in [0, 0.1) is 6.92 Å². The lowest BCUT2D eigenvalue weighted by atomic mass is 10.2. The second-order valence-corrected chi connectivity index (χ2v) is 7.62. The molecule has 2 aromatic heterocycles. The summed E-state index contributed by atoms with van der Waals surface area (Å²) < 4.78 is 0. The molecule has 0 aromatic carbocycles. The van der Waals surface area contributed by atoms with Gasteiger partial charge in [0.2, 0.25) is 0 Å². The maximum absolute atomic E-state index is 12.9. The van der Waals surface area contributed by atoms with Crippen LogP contribution < -0.4 is 9.80 Å². The number of amides is 1. The minimum atomic E-state index is 0.111. The monoisotopic (exact) mass is 380 g/mol. The number of hydrogen-bond acceptors (Lipinski definition) is 6. The fourth-order valence-electron chi connectivity index (χ4n) is 3.87.